The number of fused-ring (bicyclic) bond motifs is 1. The highest BCUT2D eigenvalue weighted by Gasteiger charge is 2.30. The van der Waals surface area contributed by atoms with E-state index in [1.54, 1.807) is 37.3 Å². The Morgan fingerprint density at radius 3 is 2.31 bits per heavy atom. The van der Waals surface area contributed by atoms with Crippen molar-refractivity contribution in [2.45, 2.75) is 32.4 Å². The van der Waals surface area contributed by atoms with Crippen LogP contribution in [0, 0.1) is 18.8 Å². The van der Waals surface area contributed by atoms with Crippen LogP contribution >= 0.6 is 0 Å². The molecule has 1 heterocycles. The molecule has 3 aromatic carbocycles. The van der Waals surface area contributed by atoms with Gasteiger partial charge in [0.2, 0.25) is 0 Å². The number of rotatable bonds is 12. The van der Waals surface area contributed by atoms with E-state index in [0.29, 0.717) is 46.7 Å². The van der Waals surface area contributed by atoms with Crippen LogP contribution in [0.3, 0.4) is 0 Å². The predicted molar refractivity (Wildman–Crippen MR) is 172 cm³/mol. The van der Waals surface area contributed by atoms with Gasteiger partial charge in [0, 0.05) is 35.3 Å². The SMILES string of the molecule is CC#Cc1ccc(OCCOCCO)c(C(=O)c2ccc(C(=O)N[C@@H]3CNC[C@@H]3NC(=O)c3ccc4c(c3)CC=C4)cc2)c1C. The highest BCUT2D eigenvalue weighted by atomic mass is 16.5. The van der Waals surface area contributed by atoms with Gasteiger partial charge in [-0.25, -0.2) is 0 Å². The van der Waals surface area contributed by atoms with E-state index in [-0.39, 0.29) is 56.1 Å². The fourth-order valence-corrected chi connectivity index (χ4v) is 5.54. The number of ketones is 1. The number of carbonyl (C=O) groups is 3. The van der Waals surface area contributed by atoms with Crippen LogP contribution in [-0.4, -0.2) is 74.3 Å². The van der Waals surface area contributed by atoms with Crippen LogP contribution < -0.4 is 20.7 Å². The molecule has 2 atom stereocenters. The summed E-state index contributed by atoms with van der Waals surface area (Å²) < 4.78 is 11.2. The Hall–Kier alpha value is -4.75. The molecule has 2 aliphatic rings. The summed E-state index contributed by atoms with van der Waals surface area (Å²) in [7, 11) is 0. The maximum Gasteiger partial charge on any atom is 0.251 e. The molecule has 5 rings (SSSR count). The number of allylic oxidation sites excluding steroid dienone is 1. The van der Waals surface area contributed by atoms with Crippen LogP contribution in [-0.2, 0) is 11.2 Å². The molecule has 0 aromatic heterocycles. The quantitative estimate of drug-likeness (QED) is 0.142. The zero-order valence-electron chi connectivity index (χ0n) is 25.4. The van der Waals surface area contributed by atoms with Gasteiger partial charge in [0.05, 0.1) is 37.5 Å². The first-order valence-electron chi connectivity index (χ1n) is 15.0. The lowest BCUT2D eigenvalue weighted by molar-refractivity contribution is 0.0701. The molecule has 3 aromatic rings. The monoisotopic (exact) mass is 607 g/mol. The maximum absolute atomic E-state index is 13.7. The first kappa shape index (κ1) is 31.7. The van der Waals surface area contributed by atoms with Crippen molar-refractivity contribution in [2.24, 2.45) is 0 Å². The van der Waals surface area contributed by atoms with Gasteiger partial charge in [-0.1, -0.05) is 36.3 Å². The average molecular weight is 608 g/mol. The molecular formula is C36H37N3O6. The van der Waals surface area contributed by atoms with Crippen molar-refractivity contribution in [1.29, 1.82) is 0 Å². The van der Waals surface area contributed by atoms with Gasteiger partial charge in [-0.15, -0.1) is 5.92 Å². The van der Waals surface area contributed by atoms with Gasteiger partial charge in [-0.05, 0) is 73.4 Å². The van der Waals surface area contributed by atoms with Crippen molar-refractivity contribution in [1.82, 2.24) is 16.0 Å². The summed E-state index contributed by atoms with van der Waals surface area (Å²) in [6, 6.07) is 15.1. The van der Waals surface area contributed by atoms with Crippen LogP contribution in [0.5, 0.6) is 5.75 Å². The topological polar surface area (TPSA) is 126 Å². The first-order chi connectivity index (χ1) is 21.9. The molecule has 9 heteroatoms. The molecule has 1 aliphatic carbocycles. The van der Waals surface area contributed by atoms with E-state index in [4.69, 9.17) is 14.6 Å². The van der Waals surface area contributed by atoms with Crippen molar-refractivity contribution in [3.05, 3.63) is 105 Å². The van der Waals surface area contributed by atoms with E-state index in [2.05, 4.69) is 39.9 Å². The first-order valence-corrected chi connectivity index (χ1v) is 15.0. The van der Waals surface area contributed by atoms with Crippen LogP contribution in [0.1, 0.15) is 65.8 Å². The van der Waals surface area contributed by atoms with E-state index in [1.807, 2.05) is 31.2 Å². The van der Waals surface area contributed by atoms with Gasteiger partial charge in [0.15, 0.2) is 5.78 Å². The van der Waals surface area contributed by atoms with Gasteiger partial charge in [0.25, 0.3) is 11.8 Å². The second kappa shape index (κ2) is 14.8. The third-order valence-corrected chi connectivity index (χ3v) is 7.93. The van der Waals surface area contributed by atoms with Crippen molar-refractivity contribution >= 4 is 23.7 Å². The molecule has 4 N–H and O–H groups in total. The zero-order valence-corrected chi connectivity index (χ0v) is 25.4. The number of aliphatic hydroxyl groups excluding tert-OH is 1. The Bertz CT molecular complexity index is 1670. The smallest absolute Gasteiger partial charge is 0.251 e. The van der Waals surface area contributed by atoms with Gasteiger partial charge in [-0.2, -0.15) is 0 Å². The molecule has 232 valence electrons. The Labute approximate surface area is 263 Å². The second-order valence-corrected chi connectivity index (χ2v) is 10.9. The van der Waals surface area contributed by atoms with E-state index >= 15 is 0 Å². The summed E-state index contributed by atoms with van der Waals surface area (Å²) in [6.45, 7) is 5.22. The number of carbonyl (C=O) groups excluding carboxylic acids is 3. The third kappa shape index (κ3) is 7.49. The van der Waals surface area contributed by atoms with Crippen molar-refractivity contribution in [3.63, 3.8) is 0 Å². The standard InChI is InChI=1S/C36H37N3O6/c1-3-5-24-14-15-32(45-19-18-44-17-16-40)33(23(24)2)34(41)26-9-11-27(12-10-26)35(42)38-30-21-37-22-31(30)39-36(43)29-13-8-25-6-4-7-28(25)20-29/h4,6,8-15,20,30-31,37,40H,7,16-19,21-22H2,1-2H3,(H,38,42)(H,39,43)/t30-,31+/m1/s1. The lowest BCUT2D eigenvalue weighted by Gasteiger charge is -2.21. The van der Waals surface area contributed by atoms with Crippen molar-refractivity contribution in [3.8, 4) is 17.6 Å². The third-order valence-electron chi connectivity index (χ3n) is 7.93. The fourth-order valence-electron chi connectivity index (χ4n) is 5.54. The van der Waals surface area contributed by atoms with E-state index < -0.39 is 0 Å². The molecule has 9 nitrogen and oxygen atoms in total. The molecular weight excluding hydrogens is 570 g/mol. The summed E-state index contributed by atoms with van der Waals surface area (Å²) >= 11 is 0. The van der Waals surface area contributed by atoms with E-state index in [1.165, 1.54) is 0 Å². The van der Waals surface area contributed by atoms with Crippen LogP contribution in [0.25, 0.3) is 6.08 Å². The number of nitrogens with one attached hydrogen (secondary N) is 3. The highest BCUT2D eigenvalue weighted by molar-refractivity contribution is 6.12. The Kier molecular flexibility index (Phi) is 10.4. The molecule has 0 bridgehead atoms. The van der Waals surface area contributed by atoms with Crippen molar-refractivity contribution < 1.29 is 29.0 Å². The molecule has 0 unspecified atom stereocenters. The number of ether oxygens (including phenoxy) is 2. The molecule has 0 spiro atoms. The number of amides is 2. The van der Waals surface area contributed by atoms with Gasteiger partial charge in [0.1, 0.15) is 12.4 Å². The normalized spacial score (nSPS) is 16.4. The van der Waals surface area contributed by atoms with E-state index in [9.17, 15) is 14.4 Å². The lowest BCUT2D eigenvalue weighted by atomic mass is 9.94. The van der Waals surface area contributed by atoms with Crippen LogP contribution in [0.2, 0.25) is 0 Å². The second-order valence-electron chi connectivity index (χ2n) is 10.9. The minimum Gasteiger partial charge on any atom is -0.490 e. The molecule has 1 aliphatic heterocycles. The largest absolute Gasteiger partial charge is 0.490 e. The number of hydrogen-bond acceptors (Lipinski definition) is 7. The minimum absolute atomic E-state index is 0.0796. The van der Waals surface area contributed by atoms with E-state index in [0.717, 1.165) is 23.1 Å². The van der Waals surface area contributed by atoms with Crippen LogP contribution in [0.15, 0.2) is 60.7 Å². The molecule has 45 heavy (non-hydrogen) atoms. The predicted octanol–water partition coefficient (Wildman–Crippen LogP) is 3.05. The summed E-state index contributed by atoms with van der Waals surface area (Å²) in [5, 5.41) is 18.2. The summed E-state index contributed by atoms with van der Waals surface area (Å²) in [4.78, 5) is 39.9. The lowest BCUT2D eigenvalue weighted by Crippen LogP contribution is -2.51. The van der Waals surface area contributed by atoms with Crippen LogP contribution in [0.4, 0.5) is 0 Å². The molecule has 0 saturated carbocycles. The minimum atomic E-state index is -0.301. The molecule has 1 saturated heterocycles. The Morgan fingerprint density at radius 1 is 0.911 bits per heavy atom. The zero-order chi connectivity index (χ0) is 31.8. The maximum atomic E-state index is 13.7. The average Bonchev–Trinajstić information content (AvgIpc) is 3.71. The molecule has 2 amide bonds. The molecule has 1 fully saturated rings. The number of hydrogen-bond donors (Lipinski definition) is 4. The van der Waals surface area contributed by atoms with Gasteiger partial charge < -0.3 is 30.5 Å². The van der Waals surface area contributed by atoms with Crippen molar-refractivity contribution in [2.75, 3.05) is 39.5 Å². The number of aliphatic hydroxyl groups is 1. The molecule has 0 radical (unpaired) electrons. The Balaban J connectivity index is 1.24. The number of benzene rings is 3. The highest BCUT2D eigenvalue weighted by Crippen LogP contribution is 2.28. The fraction of sp³-hybridized carbons (Fsp3) is 0.306. The van der Waals surface area contributed by atoms with Gasteiger partial charge >= 0.3 is 0 Å². The summed E-state index contributed by atoms with van der Waals surface area (Å²) in [6.07, 6.45) is 4.95. The summed E-state index contributed by atoms with van der Waals surface area (Å²) in [5.74, 6) is 5.59. The van der Waals surface area contributed by atoms with Gasteiger partial charge in [-0.3, -0.25) is 14.4 Å². The summed E-state index contributed by atoms with van der Waals surface area (Å²) in [5.41, 5.74) is 5.47. The Morgan fingerprint density at radius 2 is 1.60 bits per heavy atom.